The van der Waals surface area contributed by atoms with Crippen LogP contribution in [0, 0.1) is 0 Å². The molecule has 2 aromatic rings. The zero-order valence-corrected chi connectivity index (χ0v) is 13.5. The van der Waals surface area contributed by atoms with Crippen LogP contribution in [0.25, 0.3) is 0 Å². The molecule has 0 saturated carbocycles. The lowest BCUT2D eigenvalue weighted by atomic mass is 10.3. The normalized spacial score (nSPS) is 10.0. The highest BCUT2D eigenvalue weighted by atomic mass is 32.1. The van der Waals surface area contributed by atoms with Gasteiger partial charge in [-0.3, -0.25) is 14.4 Å². The fraction of sp³-hybridized carbons (Fsp3) is 0.188. The van der Waals surface area contributed by atoms with Gasteiger partial charge in [-0.25, -0.2) is 0 Å². The van der Waals surface area contributed by atoms with Crippen molar-refractivity contribution in [3.8, 4) is 5.75 Å². The number of carbonyl (C=O) groups excluding carboxylic acids is 3. The second-order valence-electron chi connectivity index (χ2n) is 4.74. The number of rotatable bonds is 7. The van der Waals surface area contributed by atoms with Crippen LogP contribution in [0.15, 0.2) is 41.8 Å². The van der Waals surface area contributed by atoms with E-state index < -0.39 is 18.5 Å². The SMILES string of the molecule is O=C(COC(=O)CCNC(=O)c1cccs1)Nc1ccc(O)cc1. The van der Waals surface area contributed by atoms with Gasteiger partial charge in [0.25, 0.3) is 11.8 Å². The Kier molecular flexibility index (Phi) is 6.32. The number of esters is 1. The average molecular weight is 348 g/mol. The molecule has 0 aliphatic rings. The predicted molar refractivity (Wildman–Crippen MR) is 89.0 cm³/mol. The van der Waals surface area contributed by atoms with Crippen LogP contribution in [0.4, 0.5) is 5.69 Å². The number of benzene rings is 1. The number of ether oxygens (including phenoxy) is 1. The van der Waals surface area contributed by atoms with Gasteiger partial charge in [0.2, 0.25) is 0 Å². The molecule has 3 N–H and O–H groups in total. The van der Waals surface area contributed by atoms with Crippen molar-refractivity contribution in [1.82, 2.24) is 5.32 Å². The summed E-state index contributed by atoms with van der Waals surface area (Å²) in [5.74, 6) is -1.23. The topological polar surface area (TPSA) is 105 Å². The molecule has 0 spiro atoms. The first-order valence-electron chi connectivity index (χ1n) is 7.11. The minimum absolute atomic E-state index is 0.0242. The second kappa shape index (κ2) is 8.68. The molecule has 24 heavy (non-hydrogen) atoms. The number of hydrogen-bond donors (Lipinski definition) is 3. The van der Waals surface area contributed by atoms with Crippen LogP contribution in [0.1, 0.15) is 16.1 Å². The Morgan fingerprint density at radius 2 is 1.88 bits per heavy atom. The van der Waals surface area contributed by atoms with Gasteiger partial charge in [-0.05, 0) is 35.7 Å². The third-order valence-electron chi connectivity index (χ3n) is 2.87. The summed E-state index contributed by atoms with van der Waals surface area (Å²) in [6, 6.07) is 9.35. The van der Waals surface area contributed by atoms with Crippen molar-refractivity contribution in [1.29, 1.82) is 0 Å². The lowest BCUT2D eigenvalue weighted by molar-refractivity contribution is -0.147. The maximum atomic E-state index is 11.6. The third-order valence-corrected chi connectivity index (χ3v) is 3.74. The molecule has 126 valence electrons. The molecule has 1 aromatic heterocycles. The molecular weight excluding hydrogens is 332 g/mol. The highest BCUT2D eigenvalue weighted by molar-refractivity contribution is 7.12. The van der Waals surface area contributed by atoms with E-state index in [1.165, 1.54) is 35.6 Å². The van der Waals surface area contributed by atoms with Gasteiger partial charge < -0.3 is 20.5 Å². The first-order valence-corrected chi connectivity index (χ1v) is 7.99. The molecule has 0 radical (unpaired) electrons. The first kappa shape index (κ1) is 17.5. The van der Waals surface area contributed by atoms with E-state index in [4.69, 9.17) is 9.84 Å². The van der Waals surface area contributed by atoms with Crippen LogP contribution < -0.4 is 10.6 Å². The van der Waals surface area contributed by atoms with Gasteiger partial charge >= 0.3 is 5.97 Å². The molecule has 8 heteroatoms. The molecule has 0 bridgehead atoms. The smallest absolute Gasteiger partial charge is 0.308 e. The molecule has 0 fully saturated rings. The van der Waals surface area contributed by atoms with E-state index >= 15 is 0 Å². The summed E-state index contributed by atoms with van der Waals surface area (Å²) >= 11 is 1.31. The monoisotopic (exact) mass is 348 g/mol. The van der Waals surface area contributed by atoms with Crippen molar-refractivity contribution < 1.29 is 24.2 Å². The molecule has 1 heterocycles. The van der Waals surface area contributed by atoms with Crippen molar-refractivity contribution in [2.45, 2.75) is 6.42 Å². The highest BCUT2D eigenvalue weighted by Gasteiger charge is 2.10. The van der Waals surface area contributed by atoms with Gasteiger partial charge in [-0.2, -0.15) is 0 Å². The summed E-state index contributed by atoms with van der Waals surface area (Å²) in [6.07, 6.45) is -0.0242. The van der Waals surface area contributed by atoms with E-state index in [1.54, 1.807) is 17.5 Å². The van der Waals surface area contributed by atoms with Crippen LogP contribution in [0.5, 0.6) is 5.75 Å². The Hall–Kier alpha value is -2.87. The summed E-state index contributed by atoms with van der Waals surface area (Å²) in [7, 11) is 0. The molecule has 0 unspecified atom stereocenters. The van der Waals surface area contributed by atoms with Crippen LogP contribution in [-0.2, 0) is 14.3 Å². The van der Waals surface area contributed by atoms with E-state index in [-0.39, 0.29) is 24.6 Å². The van der Waals surface area contributed by atoms with Gasteiger partial charge in [0.1, 0.15) is 5.75 Å². The number of thiophene rings is 1. The van der Waals surface area contributed by atoms with Gasteiger partial charge in [-0.1, -0.05) is 6.07 Å². The largest absolute Gasteiger partial charge is 0.508 e. The van der Waals surface area contributed by atoms with Crippen molar-refractivity contribution in [3.63, 3.8) is 0 Å². The predicted octanol–water partition coefficient (Wildman–Crippen LogP) is 1.76. The average Bonchev–Trinajstić information content (AvgIpc) is 3.10. The molecule has 0 aliphatic heterocycles. The Bertz CT molecular complexity index is 698. The Morgan fingerprint density at radius 3 is 2.54 bits per heavy atom. The summed E-state index contributed by atoms with van der Waals surface area (Å²) in [5.41, 5.74) is 0.483. The minimum Gasteiger partial charge on any atom is -0.508 e. The van der Waals surface area contributed by atoms with Crippen LogP contribution in [0.2, 0.25) is 0 Å². The zero-order valence-electron chi connectivity index (χ0n) is 12.7. The summed E-state index contributed by atoms with van der Waals surface area (Å²) in [5, 5.41) is 16.0. The molecule has 2 amide bonds. The Labute approximate surface area is 142 Å². The maximum Gasteiger partial charge on any atom is 0.308 e. The molecule has 2 rings (SSSR count). The number of anilines is 1. The lowest BCUT2D eigenvalue weighted by Gasteiger charge is -2.07. The van der Waals surface area contributed by atoms with E-state index in [0.29, 0.717) is 10.6 Å². The number of phenols is 1. The number of carbonyl (C=O) groups is 3. The van der Waals surface area contributed by atoms with Crippen molar-refractivity contribution in [2.75, 3.05) is 18.5 Å². The van der Waals surface area contributed by atoms with Gasteiger partial charge in [-0.15, -0.1) is 11.3 Å². The number of aromatic hydroxyl groups is 1. The summed E-state index contributed by atoms with van der Waals surface area (Å²) in [4.78, 5) is 35.4. The van der Waals surface area contributed by atoms with E-state index in [2.05, 4.69) is 10.6 Å². The fourth-order valence-corrected chi connectivity index (χ4v) is 2.37. The van der Waals surface area contributed by atoms with E-state index in [0.717, 1.165) is 0 Å². The van der Waals surface area contributed by atoms with Gasteiger partial charge in [0.15, 0.2) is 6.61 Å². The minimum atomic E-state index is -0.581. The third kappa shape index (κ3) is 5.73. The zero-order chi connectivity index (χ0) is 17.4. The van der Waals surface area contributed by atoms with Crippen molar-refractivity contribution in [3.05, 3.63) is 46.7 Å². The molecule has 7 nitrogen and oxygen atoms in total. The Morgan fingerprint density at radius 1 is 1.12 bits per heavy atom. The number of phenolic OH excluding ortho intramolecular Hbond substituents is 1. The van der Waals surface area contributed by atoms with Crippen LogP contribution >= 0.6 is 11.3 Å². The fourth-order valence-electron chi connectivity index (χ4n) is 1.73. The highest BCUT2D eigenvalue weighted by Crippen LogP contribution is 2.13. The second-order valence-corrected chi connectivity index (χ2v) is 5.69. The van der Waals surface area contributed by atoms with Gasteiger partial charge in [0, 0.05) is 12.2 Å². The molecule has 0 aliphatic carbocycles. The van der Waals surface area contributed by atoms with E-state index in [1.807, 2.05) is 0 Å². The molecular formula is C16H16N2O5S. The number of hydrogen-bond acceptors (Lipinski definition) is 6. The molecule has 1 aromatic carbocycles. The van der Waals surface area contributed by atoms with Gasteiger partial charge in [0.05, 0.1) is 11.3 Å². The van der Waals surface area contributed by atoms with E-state index in [9.17, 15) is 14.4 Å². The Balaban J connectivity index is 1.63. The van der Waals surface area contributed by atoms with Crippen LogP contribution in [0.3, 0.4) is 0 Å². The quantitative estimate of drug-likeness (QED) is 0.522. The standard InChI is InChI=1S/C16H16N2O5S/c19-12-5-3-11(4-6-12)18-14(20)10-23-15(21)7-8-17-16(22)13-2-1-9-24-13/h1-6,9,19H,7-8,10H2,(H,17,22)(H,18,20). The van der Waals surface area contributed by atoms with Crippen molar-refractivity contribution in [2.24, 2.45) is 0 Å². The first-order chi connectivity index (χ1) is 11.5. The maximum absolute atomic E-state index is 11.6. The lowest BCUT2D eigenvalue weighted by Crippen LogP contribution is -2.27. The summed E-state index contributed by atoms with van der Waals surface area (Å²) in [6.45, 7) is -0.284. The number of amides is 2. The molecule has 0 atom stereocenters. The summed E-state index contributed by atoms with van der Waals surface area (Å²) < 4.78 is 4.82. The van der Waals surface area contributed by atoms with Crippen LogP contribution in [-0.4, -0.2) is 36.0 Å². The molecule has 0 saturated heterocycles. The van der Waals surface area contributed by atoms with Crippen molar-refractivity contribution >= 4 is 34.8 Å². The number of nitrogens with one attached hydrogen (secondary N) is 2.